The number of fused-ring (bicyclic) bond motifs is 3. The van der Waals surface area contributed by atoms with E-state index in [2.05, 4.69) is 66.0 Å². The van der Waals surface area contributed by atoms with Gasteiger partial charge in [0.2, 0.25) is 0 Å². The first-order chi connectivity index (χ1) is 10.8. The van der Waals surface area contributed by atoms with Gasteiger partial charge in [-0.15, -0.1) is 0 Å². The van der Waals surface area contributed by atoms with E-state index in [0.717, 1.165) is 12.2 Å². The zero-order valence-corrected chi connectivity index (χ0v) is 12.7. The maximum absolute atomic E-state index is 5.52. The monoisotopic (exact) mass is 289 g/mol. The van der Waals surface area contributed by atoms with Gasteiger partial charge in [0.05, 0.1) is 12.6 Å². The quantitative estimate of drug-likeness (QED) is 0.736. The lowest BCUT2D eigenvalue weighted by Gasteiger charge is -2.13. The Morgan fingerprint density at radius 1 is 1.00 bits per heavy atom. The molecule has 0 saturated carbocycles. The Labute approximate surface area is 130 Å². The molecule has 0 spiro atoms. The minimum Gasteiger partial charge on any atom is -0.494 e. The maximum Gasteiger partial charge on any atom is 0.119 e. The van der Waals surface area contributed by atoms with Crippen LogP contribution in [0.2, 0.25) is 0 Å². The molecule has 0 fully saturated rings. The van der Waals surface area contributed by atoms with E-state index in [9.17, 15) is 0 Å². The minimum absolute atomic E-state index is 0.344. The zero-order valence-electron chi connectivity index (χ0n) is 12.7. The molecule has 1 aliphatic rings. The van der Waals surface area contributed by atoms with Crippen molar-refractivity contribution in [3.8, 4) is 5.75 Å². The van der Waals surface area contributed by atoms with Gasteiger partial charge in [-0.3, -0.25) is 0 Å². The molecule has 0 aromatic heterocycles. The van der Waals surface area contributed by atoms with Crippen molar-refractivity contribution in [3.05, 3.63) is 71.8 Å². The third-order valence-electron chi connectivity index (χ3n) is 4.35. The number of ether oxygens (including phenoxy) is 1. The van der Waals surface area contributed by atoms with Crippen molar-refractivity contribution in [3.63, 3.8) is 0 Å². The van der Waals surface area contributed by atoms with Crippen LogP contribution in [0, 0.1) is 0 Å². The SMILES string of the molecule is CCOc1ccc(C2Cc3ccc4ccccc4c3N2)cc1. The Balaban J connectivity index is 1.65. The molecule has 22 heavy (non-hydrogen) atoms. The van der Waals surface area contributed by atoms with Gasteiger partial charge in [0.25, 0.3) is 0 Å². The van der Waals surface area contributed by atoms with Crippen molar-refractivity contribution >= 4 is 16.5 Å². The Morgan fingerprint density at radius 3 is 2.64 bits per heavy atom. The molecule has 0 radical (unpaired) electrons. The molecule has 1 aliphatic heterocycles. The lowest BCUT2D eigenvalue weighted by Crippen LogP contribution is -2.05. The fraction of sp³-hybridized carbons (Fsp3) is 0.200. The molecule has 0 bridgehead atoms. The van der Waals surface area contributed by atoms with Crippen molar-refractivity contribution < 1.29 is 4.74 Å². The van der Waals surface area contributed by atoms with Crippen molar-refractivity contribution in [2.24, 2.45) is 0 Å². The van der Waals surface area contributed by atoms with Gasteiger partial charge < -0.3 is 10.1 Å². The highest BCUT2D eigenvalue weighted by atomic mass is 16.5. The molecule has 2 heteroatoms. The van der Waals surface area contributed by atoms with Crippen LogP contribution in [0.3, 0.4) is 0 Å². The first kappa shape index (κ1) is 13.2. The predicted octanol–water partition coefficient (Wildman–Crippen LogP) is 4.95. The molecule has 4 rings (SSSR count). The molecule has 0 amide bonds. The van der Waals surface area contributed by atoms with E-state index in [1.807, 2.05) is 6.92 Å². The standard InChI is InChI=1S/C20H19NO/c1-2-22-17-11-9-15(10-12-17)19-13-16-8-7-14-5-3-4-6-18(14)20(16)21-19/h3-12,19,21H,2,13H2,1H3. The molecule has 1 heterocycles. The first-order valence-electron chi connectivity index (χ1n) is 7.85. The molecule has 1 atom stereocenters. The number of benzene rings is 3. The van der Waals surface area contributed by atoms with Crippen LogP contribution >= 0.6 is 0 Å². The second kappa shape index (κ2) is 5.38. The van der Waals surface area contributed by atoms with E-state index in [1.165, 1.54) is 27.6 Å². The predicted molar refractivity (Wildman–Crippen MR) is 91.6 cm³/mol. The second-order valence-corrected chi connectivity index (χ2v) is 5.72. The van der Waals surface area contributed by atoms with E-state index in [0.29, 0.717) is 12.6 Å². The molecule has 1 unspecified atom stereocenters. The lowest BCUT2D eigenvalue weighted by molar-refractivity contribution is 0.340. The molecule has 0 aliphatic carbocycles. The number of hydrogen-bond donors (Lipinski definition) is 1. The van der Waals surface area contributed by atoms with Crippen LogP contribution in [0.25, 0.3) is 10.8 Å². The van der Waals surface area contributed by atoms with Gasteiger partial charge in [0.15, 0.2) is 0 Å². The summed E-state index contributed by atoms with van der Waals surface area (Å²) in [6, 6.07) is 21.8. The van der Waals surface area contributed by atoms with E-state index in [1.54, 1.807) is 0 Å². The number of anilines is 1. The zero-order chi connectivity index (χ0) is 14.9. The van der Waals surface area contributed by atoms with Crippen molar-refractivity contribution in [1.29, 1.82) is 0 Å². The van der Waals surface area contributed by atoms with E-state index in [-0.39, 0.29) is 0 Å². The topological polar surface area (TPSA) is 21.3 Å². The van der Waals surface area contributed by atoms with Gasteiger partial charge in [0.1, 0.15) is 5.75 Å². The lowest BCUT2D eigenvalue weighted by atomic mass is 10.0. The summed E-state index contributed by atoms with van der Waals surface area (Å²) in [5, 5.41) is 6.31. The number of rotatable bonds is 3. The van der Waals surface area contributed by atoms with Gasteiger partial charge in [0, 0.05) is 11.1 Å². The third kappa shape index (κ3) is 2.21. The molecular formula is C20H19NO. The second-order valence-electron chi connectivity index (χ2n) is 5.72. The van der Waals surface area contributed by atoms with Gasteiger partial charge in [-0.2, -0.15) is 0 Å². The van der Waals surface area contributed by atoms with Crippen LogP contribution in [0.5, 0.6) is 5.75 Å². The molecule has 0 saturated heterocycles. The van der Waals surface area contributed by atoms with Crippen LogP contribution in [-0.4, -0.2) is 6.61 Å². The fourth-order valence-electron chi connectivity index (χ4n) is 3.27. The van der Waals surface area contributed by atoms with Gasteiger partial charge in [-0.25, -0.2) is 0 Å². The summed E-state index contributed by atoms with van der Waals surface area (Å²) in [6.45, 7) is 2.71. The fourth-order valence-corrected chi connectivity index (χ4v) is 3.27. The van der Waals surface area contributed by atoms with E-state index < -0.39 is 0 Å². The van der Waals surface area contributed by atoms with Gasteiger partial charge >= 0.3 is 0 Å². The summed E-state index contributed by atoms with van der Waals surface area (Å²) in [5.74, 6) is 0.937. The highest BCUT2D eigenvalue weighted by Gasteiger charge is 2.23. The molecule has 1 N–H and O–H groups in total. The van der Waals surface area contributed by atoms with Gasteiger partial charge in [-0.1, -0.05) is 48.5 Å². The molecule has 3 aromatic carbocycles. The summed E-state index contributed by atoms with van der Waals surface area (Å²) < 4.78 is 5.52. The van der Waals surface area contributed by atoms with Crippen LogP contribution in [0.4, 0.5) is 5.69 Å². The van der Waals surface area contributed by atoms with Crippen LogP contribution in [0.15, 0.2) is 60.7 Å². The van der Waals surface area contributed by atoms with Crippen LogP contribution < -0.4 is 10.1 Å². The Kier molecular flexibility index (Phi) is 3.23. The normalized spacial score (nSPS) is 16.3. The Bertz CT molecular complexity index is 808. The third-order valence-corrected chi connectivity index (χ3v) is 4.35. The smallest absolute Gasteiger partial charge is 0.119 e. The van der Waals surface area contributed by atoms with Gasteiger partial charge in [-0.05, 0) is 42.0 Å². The molecular weight excluding hydrogens is 270 g/mol. The van der Waals surface area contributed by atoms with Crippen LogP contribution in [-0.2, 0) is 6.42 Å². The van der Waals surface area contributed by atoms with E-state index in [4.69, 9.17) is 4.74 Å². The largest absolute Gasteiger partial charge is 0.494 e. The Hall–Kier alpha value is -2.48. The highest BCUT2D eigenvalue weighted by Crippen LogP contribution is 2.39. The maximum atomic E-state index is 5.52. The molecule has 2 nitrogen and oxygen atoms in total. The summed E-state index contributed by atoms with van der Waals surface area (Å²) in [7, 11) is 0. The highest BCUT2D eigenvalue weighted by molar-refractivity contribution is 5.96. The van der Waals surface area contributed by atoms with Crippen molar-refractivity contribution in [1.82, 2.24) is 0 Å². The van der Waals surface area contributed by atoms with E-state index >= 15 is 0 Å². The molecule has 110 valence electrons. The number of nitrogens with one attached hydrogen (secondary N) is 1. The summed E-state index contributed by atoms with van der Waals surface area (Å²) in [6.07, 6.45) is 1.04. The van der Waals surface area contributed by atoms with Crippen molar-refractivity contribution in [2.45, 2.75) is 19.4 Å². The average molecular weight is 289 g/mol. The summed E-state index contributed by atoms with van der Waals surface area (Å²) >= 11 is 0. The number of hydrogen-bond acceptors (Lipinski definition) is 2. The van der Waals surface area contributed by atoms with Crippen molar-refractivity contribution in [2.75, 3.05) is 11.9 Å². The first-order valence-corrected chi connectivity index (χ1v) is 7.85. The van der Waals surface area contributed by atoms with Crippen LogP contribution in [0.1, 0.15) is 24.1 Å². The molecule has 3 aromatic rings. The average Bonchev–Trinajstić information content (AvgIpc) is 3.00. The minimum atomic E-state index is 0.344. The summed E-state index contributed by atoms with van der Waals surface area (Å²) in [4.78, 5) is 0. The summed E-state index contributed by atoms with van der Waals surface area (Å²) in [5.41, 5.74) is 4.00. The Morgan fingerprint density at radius 2 is 1.82 bits per heavy atom.